The van der Waals surface area contributed by atoms with Crippen LogP contribution in [-0.2, 0) is 10.8 Å². The molecule has 0 amide bonds. The van der Waals surface area contributed by atoms with Crippen molar-refractivity contribution in [3.8, 4) is 0 Å². The summed E-state index contributed by atoms with van der Waals surface area (Å²) >= 11 is 0. The highest BCUT2D eigenvalue weighted by Gasteiger charge is 2.41. The van der Waals surface area contributed by atoms with Crippen molar-refractivity contribution in [2.24, 2.45) is 21.7 Å². The monoisotopic (exact) mass is 440 g/mol. The summed E-state index contributed by atoms with van der Waals surface area (Å²) in [5.74, 6) is 0. The first-order valence-corrected chi connectivity index (χ1v) is 13.4. The van der Waals surface area contributed by atoms with Crippen LogP contribution in [0.5, 0.6) is 0 Å². The summed E-state index contributed by atoms with van der Waals surface area (Å²) in [4.78, 5) is 0. The van der Waals surface area contributed by atoms with E-state index in [1.54, 1.807) is 11.1 Å². The third-order valence-corrected chi connectivity index (χ3v) is 8.63. The van der Waals surface area contributed by atoms with Crippen molar-refractivity contribution < 1.29 is 0 Å². The zero-order valence-electron chi connectivity index (χ0n) is 24.0. The van der Waals surface area contributed by atoms with E-state index < -0.39 is 0 Å². The van der Waals surface area contributed by atoms with Gasteiger partial charge >= 0.3 is 0 Å². The Morgan fingerprint density at radius 1 is 0.406 bits per heavy atom. The largest absolute Gasteiger partial charge is 0.0620 e. The van der Waals surface area contributed by atoms with Gasteiger partial charge in [0.1, 0.15) is 0 Å². The highest BCUT2D eigenvalue weighted by atomic mass is 14.5. The summed E-state index contributed by atoms with van der Waals surface area (Å²) < 4.78 is 0. The van der Waals surface area contributed by atoms with E-state index in [2.05, 4.69) is 107 Å². The third-order valence-electron chi connectivity index (χ3n) is 8.63. The zero-order chi connectivity index (χ0) is 24.6. The first kappa shape index (κ1) is 27.5. The summed E-state index contributed by atoms with van der Waals surface area (Å²) in [6.45, 7) is 28.4. The van der Waals surface area contributed by atoms with Crippen LogP contribution >= 0.6 is 0 Å². The average molecular weight is 441 g/mol. The fraction of sp³-hybridized carbons (Fsp3) is 0.812. The Labute approximate surface area is 202 Å². The maximum absolute atomic E-state index is 2.39. The molecule has 3 aliphatic carbocycles. The predicted octanol–water partition coefficient (Wildman–Crippen LogP) is 10.5. The number of hydrogen-bond acceptors (Lipinski definition) is 0. The van der Waals surface area contributed by atoms with E-state index >= 15 is 0 Å². The molecule has 184 valence electrons. The van der Waals surface area contributed by atoms with Crippen molar-refractivity contribution in [3.63, 3.8) is 0 Å². The SMILES string of the molecule is CC1(C)CC(C)(C)C1.CC1(C)CCC(C)(C)CC1.CC1(C)CCC(C)(C)c2ccccc21. The van der Waals surface area contributed by atoms with Crippen molar-refractivity contribution in [3.05, 3.63) is 35.4 Å². The molecular weight excluding hydrogens is 384 g/mol. The highest BCUT2D eigenvalue weighted by molar-refractivity contribution is 5.40. The van der Waals surface area contributed by atoms with Crippen molar-refractivity contribution in [2.45, 2.75) is 145 Å². The molecule has 0 bridgehead atoms. The van der Waals surface area contributed by atoms with Crippen LogP contribution in [0.25, 0.3) is 0 Å². The molecule has 32 heavy (non-hydrogen) atoms. The van der Waals surface area contributed by atoms with Crippen LogP contribution in [0.15, 0.2) is 24.3 Å². The molecular formula is C32H56. The summed E-state index contributed by atoms with van der Waals surface area (Å²) in [5, 5.41) is 0. The molecule has 0 aliphatic heterocycles. The van der Waals surface area contributed by atoms with E-state index in [0.717, 1.165) is 0 Å². The second-order valence-corrected chi connectivity index (χ2v) is 15.8. The molecule has 0 heteroatoms. The predicted molar refractivity (Wildman–Crippen MR) is 145 cm³/mol. The molecule has 0 heterocycles. The number of benzene rings is 1. The lowest BCUT2D eigenvalue weighted by molar-refractivity contribution is 0.0201. The second-order valence-electron chi connectivity index (χ2n) is 15.8. The van der Waals surface area contributed by atoms with Gasteiger partial charge in [0.05, 0.1) is 0 Å². The van der Waals surface area contributed by atoms with Gasteiger partial charge in [0.25, 0.3) is 0 Å². The summed E-state index contributed by atoms with van der Waals surface area (Å²) in [6, 6.07) is 8.94. The Morgan fingerprint density at radius 3 is 0.906 bits per heavy atom. The van der Waals surface area contributed by atoms with Gasteiger partial charge in [0.15, 0.2) is 0 Å². The van der Waals surface area contributed by atoms with Crippen molar-refractivity contribution in [1.82, 2.24) is 0 Å². The second kappa shape index (κ2) is 9.11. The molecule has 0 spiro atoms. The Morgan fingerprint density at radius 2 is 0.688 bits per heavy atom. The maximum Gasteiger partial charge on any atom is -0.0100 e. The van der Waals surface area contributed by atoms with Crippen LogP contribution < -0.4 is 0 Å². The first-order valence-electron chi connectivity index (χ1n) is 13.4. The van der Waals surface area contributed by atoms with Crippen molar-refractivity contribution in [2.75, 3.05) is 0 Å². The van der Waals surface area contributed by atoms with E-state index in [1.165, 1.54) is 51.4 Å². The standard InChI is InChI=1S/C14H20.C10H20.C8H16/c1-13(2)9-10-14(3,4)12-8-6-5-7-11(12)13;1-9(2)5-7-10(3,4)8-6-9;1-7(2)5-8(3,4)6-7/h5-8H,9-10H2,1-4H3;5-8H2,1-4H3;5-6H2,1-4H3. The molecule has 2 saturated carbocycles. The van der Waals surface area contributed by atoms with Crippen LogP contribution in [0.2, 0.25) is 0 Å². The Balaban J connectivity index is 0.000000178. The third kappa shape index (κ3) is 7.63. The first-order chi connectivity index (χ1) is 14.3. The number of fused-ring (bicyclic) bond motifs is 1. The summed E-state index contributed by atoms with van der Waals surface area (Å²) in [7, 11) is 0. The average Bonchev–Trinajstić information content (AvgIpc) is 2.61. The van der Waals surface area contributed by atoms with Gasteiger partial charge in [-0.1, -0.05) is 107 Å². The maximum atomic E-state index is 2.39. The molecule has 0 radical (unpaired) electrons. The number of hydrogen-bond donors (Lipinski definition) is 0. The van der Waals surface area contributed by atoms with Crippen LogP contribution in [0.1, 0.15) is 146 Å². The lowest BCUT2D eigenvalue weighted by Crippen LogP contribution is -2.38. The molecule has 1 aromatic rings. The Kier molecular flexibility index (Phi) is 7.82. The summed E-state index contributed by atoms with van der Waals surface area (Å²) in [6.07, 6.45) is 11.1. The van der Waals surface area contributed by atoms with Crippen LogP contribution in [0.4, 0.5) is 0 Å². The summed E-state index contributed by atoms with van der Waals surface area (Å²) in [5.41, 5.74) is 6.42. The number of rotatable bonds is 0. The van der Waals surface area contributed by atoms with Gasteiger partial charge in [0.2, 0.25) is 0 Å². The van der Waals surface area contributed by atoms with Crippen LogP contribution in [-0.4, -0.2) is 0 Å². The van der Waals surface area contributed by atoms with Gasteiger partial charge in [-0.15, -0.1) is 0 Å². The van der Waals surface area contributed by atoms with Gasteiger partial charge in [-0.05, 0) is 95.0 Å². The highest BCUT2D eigenvalue weighted by Crippen LogP contribution is 2.53. The minimum Gasteiger partial charge on any atom is -0.0620 e. The Bertz CT molecular complexity index is 669. The van der Waals surface area contributed by atoms with Gasteiger partial charge < -0.3 is 0 Å². The van der Waals surface area contributed by atoms with Gasteiger partial charge in [-0.2, -0.15) is 0 Å². The van der Waals surface area contributed by atoms with Crippen LogP contribution in [0.3, 0.4) is 0 Å². The van der Waals surface area contributed by atoms with E-state index in [-0.39, 0.29) is 0 Å². The van der Waals surface area contributed by atoms with E-state index in [4.69, 9.17) is 0 Å². The molecule has 1 aromatic carbocycles. The molecule has 4 rings (SSSR count). The lowest BCUT2D eigenvalue weighted by atomic mass is 9.56. The van der Waals surface area contributed by atoms with Gasteiger partial charge in [-0.25, -0.2) is 0 Å². The molecule has 0 unspecified atom stereocenters. The molecule has 0 nitrogen and oxygen atoms in total. The molecule has 0 saturated heterocycles. The lowest BCUT2D eigenvalue weighted by Gasteiger charge is -2.49. The van der Waals surface area contributed by atoms with E-state index in [0.29, 0.717) is 32.5 Å². The molecule has 0 N–H and O–H groups in total. The van der Waals surface area contributed by atoms with E-state index in [9.17, 15) is 0 Å². The normalized spacial score (nSPS) is 27.2. The van der Waals surface area contributed by atoms with Gasteiger partial charge in [0, 0.05) is 0 Å². The molecule has 3 aliphatic rings. The molecule has 0 atom stereocenters. The minimum atomic E-state index is 0.367. The van der Waals surface area contributed by atoms with E-state index in [1.807, 2.05) is 0 Å². The quantitative estimate of drug-likeness (QED) is 0.376. The van der Waals surface area contributed by atoms with Gasteiger partial charge in [-0.3, -0.25) is 0 Å². The minimum absolute atomic E-state index is 0.367. The Hall–Kier alpha value is -0.780. The topological polar surface area (TPSA) is 0 Å². The molecule has 0 aromatic heterocycles. The van der Waals surface area contributed by atoms with Crippen molar-refractivity contribution >= 4 is 0 Å². The fourth-order valence-electron chi connectivity index (χ4n) is 6.70. The smallest absolute Gasteiger partial charge is 0.0100 e. The van der Waals surface area contributed by atoms with Crippen molar-refractivity contribution in [1.29, 1.82) is 0 Å². The molecule has 2 fully saturated rings. The fourth-order valence-corrected chi connectivity index (χ4v) is 6.70. The van der Waals surface area contributed by atoms with Crippen LogP contribution in [0, 0.1) is 21.7 Å². The zero-order valence-corrected chi connectivity index (χ0v) is 24.0.